The fourth-order valence-electron chi connectivity index (χ4n) is 1.64. The Morgan fingerprint density at radius 3 is 2.83 bits per heavy atom. The summed E-state index contributed by atoms with van der Waals surface area (Å²) in [5.74, 6) is 0. The maximum absolute atomic E-state index is 5.91. The molecule has 0 radical (unpaired) electrons. The zero-order chi connectivity index (χ0) is 8.81. The third-order valence-corrected chi connectivity index (χ3v) is 2.41. The second-order valence-corrected chi connectivity index (χ2v) is 3.43. The van der Waals surface area contributed by atoms with Crippen molar-refractivity contribution in [3.05, 3.63) is 12.7 Å². The van der Waals surface area contributed by atoms with Crippen LogP contribution in [0.3, 0.4) is 0 Å². The molecule has 0 aliphatic heterocycles. The number of rotatable bonds is 4. The first-order chi connectivity index (χ1) is 5.84. The lowest BCUT2D eigenvalue weighted by atomic mass is 9.93. The van der Waals surface area contributed by atoms with Gasteiger partial charge in [0.1, 0.15) is 0 Å². The first kappa shape index (κ1) is 9.75. The van der Waals surface area contributed by atoms with Crippen LogP contribution in [0.2, 0.25) is 0 Å². The van der Waals surface area contributed by atoms with Crippen LogP contribution in [0.4, 0.5) is 0 Å². The van der Waals surface area contributed by atoms with Crippen molar-refractivity contribution >= 4 is 0 Å². The summed E-state index contributed by atoms with van der Waals surface area (Å²) in [5.41, 5.74) is 5.91. The Kier molecular flexibility index (Phi) is 4.33. The minimum Gasteiger partial charge on any atom is -0.376 e. The van der Waals surface area contributed by atoms with E-state index < -0.39 is 0 Å². The Morgan fingerprint density at radius 2 is 2.17 bits per heavy atom. The van der Waals surface area contributed by atoms with Gasteiger partial charge in [-0.1, -0.05) is 18.9 Å². The average molecular weight is 169 g/mol. The van der Waals surface area contributed by atoms with Gasteiger partial charge < -0.3 is 10.5 Å². The van der Waals surface area contributed by atoms with E-state index in [0.29, 0.717) is 6.10 Å². The smallest absolute Gasteiger partial charge is 0.0726 e. The van der Waals surface area contributed by atoms with Crippen molar-refractivity contribution in [1.82, 2.24) is 0 Å². The van der Waals surface area contributed by atoms with E-state index in [1.165, 1.54) is 12.8 Å². The third-order valence-electron chi connectivity index (χ3n) is 2.41. The Morgan fingerprint density at radius 1 is 1.42 bits per heavy atom. The van der Waals surface area contributed by atoms with Crippen LogP contribution in [0.25, 0.3) is 0 Å². The molecule has 2 nitrogen and oxygen atoms in total. The Labute approximate surface area is 74.8 Å². The maximum atomic E-state index is 5.91. The highest BCUT2D eigenvalue weighted by atomic mass is 16.5. The van der Waals surface area contributed by atoms with Gasteiger partial charge in [-0.25, -0.2) is 0 Å². The fourth-order valence-corrected chi connectivity index (χ4v) is 1.64. The SMILES string of the molecule is C=CCCOC1CCCCC1N. The Hall–Kier alpha value is -0.340. The number of nitrogens with two attached hydrogens (primary N) is 1. The van der Waals surface area contributed by atoms with Crippen molar-refractivity contribution in [3.8, 4) is 0 Å². The molecule has 12 heavy (non-hydrogen) atoms. The van der Waals surface area contributed by atoms with E-state index >= 15 is 0 Å². The van der Waals surface area contributed by atoms with Crippen LogP contribution in [0.1, 0.15) is 32.1 Å². The summed E-state index contributed by atoms with van der Waals surface area (Å²) < 4.78 is 5.64. The molecule has 0 aromatic heterocycles. The van der Waals surface area contributed by atoms with Crippen LogP contribution in [-0.4, -0.2) is 18.8 Å². The minimum atomic E-state index is 0.267. The molecule has 2 heteroatoms. The van der Waals surface area contributed by atoms with Crippen molar-refractivity contribution in [1.29, 1.82) is 0 Å². The Balaban J connectivity index is 2.15. The summed E-state index contributed by atoms with van der Waals surface area (Å²) in [6.07, 6.45) is 7.92. The third kappa shape index (κ3) is 2.95. The molecule has 0 aromatic rings. The first-order valence-corrected chi connectivity index (χ1v) is 4.82. The second-order valence-electron chi connectivity index (χ2n) is 3.43. The molecule has 1 saturated carbocycles. The van der Waals surface area contributed by atoms with Crippen LogP contribution in [0.15, 0.2) is 12.7 Å². The summed E-state index contributed by atoms with van der Waals surface area (Å²) in [6.45, 7) is 4.43. The van der Waals surface area contributed by atoms with Gasteiger partial charge in [-0.15, -0.1) is 6.58 Å². The summed E-state index contributed by atoms with van der Waals surface area (Å²) in [4.78, 5) is 0. The monoisotopic (exact) mass is 169 g/mol. The van der Waals surface area contributed by atoms with Gasteiger partial charge in [0.2, 0.25) is 0 Å². The molecule has 2 N–H and O–H groups in total. The van der Waals surface area contributed by atoms with E-state index in [9.17, 15) is 0 Å². The fraction of sp³-hybridized carbons (Fsp3) is 0.800. The molecule has 1 aliphatic carbocycles. The van der Waals surface area contributed by atoms with Crippen molar-refractivity contribution in [2.45, 2.75) is 44.2 Å². The zero-order valence-corrected chi connectivity index (χ0v) is 7.67. The first-order valence-electron chi connectivity index (χ1n) is 4.82. The van der Waals surface area contributed by atoms with Gasteiger partial charge in [0.05, 0.1) is 12.7 Å². The molecule has 2 unspecified atom stereocenters. The topological polar surface area (TPSA) is 35.2 Å². The van der Waals surface area contributed by atoms with Crippen LogP contribution in [0, 0.1) is 0 Å². The number of hydrogen-bond donors (Lipinski definition) is 1. The van der Waals surface area contributed by atoms with Gasteiger partial charge >= 0.3 is 0 Å². The molecule has 70 valence electrons. The van der Waals surface area contributed by atoms with Gasteiger partial charge in [0.15, 0.2) is 0 Å². The van der Waals surface area contributed by atoms with E-state index in [1.807, 2.05) is 6.08 Å². The van der Waals surface area contributed by atoms with E-state index in [1.54, 1.807) is 0 Å². The predicted molar refractivity (Wildman–Crippen MR) is 51.0 cm³/mol. The molecule has 0 amide bonds. The maximum Gasteiger partial charge on any atom is 0.0726 e. The van der Waals surface area contributed by atoms with Gasteiger partial charge in [-0.2, -0.15) is 0 Å². The zero-order valence-electron chi connectivity index (χ0n) is 7.67. The van der Waals surface area contributed by atoms with Crippen molar-refractivity contribution in [3.63, 3.8) is 0 Å². The lowest BCUT2D eigenvalue weighted by Crippen LogP contribution is -2.39. The van der Waals surface area contributed by atoms with Crippen molar-refractivity contribution in [2.24, 2.45) is 5.73 Å². The van der Waals surface area contributed by atoms with Gasteiger partial charge in [0, 0.05) is 6.04 Å². The molecule has 1 fully saturated rings. The molecule has 2 atom stereocenters. The van der Waals surface area contributed by atoms with Gasteiger partial charge in [-0.05, 0) is 19.3 Å². The van der Waals surface area contributed by atoms with Crippen LogP contribution in [-0.2, 0) is 4.74 Å². The molecule has 0 heterocycles. The number of hydrogen-bond acceptors (Lipinski definition) is 2. The normalized spacial score (nSPS) is 30.1. The van der Waals surface area contributed by atoms with E-state index in [0.717, 1.165) is 25.9 Å². The number of ether oxygens (including phenoxy) is 1. The lowest BCUT2D eigenvalue weighted by molar-refractivity contribution is 0.0177. The Bertz CT molecular complexity index is 136. The van der Waals surface area contributed by atoms with E-state index in [-0.39, 0.29) is 6.04 Å². The molecule has 0 aromatic carbocycles. The van der Waals surface area contributed by atoms with Crippen molar-refractivity contribution < 1.29 is 4.74 Å². The van der Waals surface area contributed by atoms with E-state index in [2.05, 4.69) is 6.58 Å². The summed E-state index contributed by atoms with van der Waals surface area (Å²) in [7, 11) is 0. The molecule has 0 bridgehead atoms. The van der Waals surface area contributed by atoms with Crippen LogP contribution < -0.4 is 5.73 Å². The van der Waals surface area contributed by atoms with Crippen LogP contribution in [0.5, 0.6) is 0 Å². The average Bonchev–Trinajstić information content (AvgIpc) is 2.09. The second kappa shape index (κ2) is 5.33. The summed E-state index contributed by atoms with van der Waals surface area (Å²) in [5, 5.41) is 0. The standard InChI is InChI=1S/C10H19NO/c1-2-3-8-12-10-7-5-4-6-9(10)11/h2,9-10H,1,3-8,11H2. The molecular weight excluding hydrogens is 150 g/mol. The largest absolute Gasteiger partial charge is 0.376 e. The highest BCUT2D eigenvalue weighted by Gasteiger charge is 2.21. The molecular formula is C10H19NO. The van der Waals surface area contributed by atoms with E-state index in [4.69, 9.17) is 10.5 Å². The summed E-state index contributed by atoms with van der Waals surface area (Å²) in [6, 6.07) is 0.267. The molecule has 0 saturated heterocycles. The highest BCUT2D eigenvalue weighted by Crippen LogP contribution is 2.19. The highest BCUT2D eigenvalue weighted by molar-refractivity contribution is 4.78. The van der Waals surface area contributed by atoms with Gasteiger partial charge in [-0.3, -0.25) is 0 Å². The molecule has 1 aliphatic rings. The molecule has 0 spiro atoms. The van der Waals surface area contributed by atoms with Crippen molar-refractivity contribution in [2.75, 3.05) is 6.61 Å². The lowest BCUT2D eigenvalue weighted by Gasteiger charge is -2.28. The summed E-state index contributed by atoms with van der Waals surface area (Å²) >= 11 is 0. The predicted octanol–water partition coefficient (Wildman–Crippen LogP) is 1.85. The van der Waals surface area contributed by atoms with Crippen LogP contribution >= 0.6 is 0 Å². The quantitative estimate of drug-likeness (QED) is 0.515. The molecule has 1 rings (SSSR count). The van der Waals surface area contributed by atoms with Gasteiger partial charge in [0.25, 0.3) is 0 Å². The minimum absolute atomic E-state index is 0.267.